The number of carbonyl (C=O) groups excluding carboxylic acids is 1. The fraction of sp³-hybridized carbons (Fsp3) is 0.278. The van der Waals surface area contributed by atoms with Gasteiger partial charge in [-0.3, -0.25) is 0 Å². The van der Waals surface area contributed by atoms with Crippen LogP contribution in [0.25, 0.3) is 0 Å². The highest BCUT2D eigenvalue weighted by Crippen LogP contribution is 2.25. The summed E-state index contributed by atoms with van der Waals surface area (Å²) in [6, 6.07) is 13.0. The van der Waals surface area contributed by atoms with Crippen LogP contribution in [0.3, 0.4) is 0 Å². The van der Waals surface area contributed by atoms with Crippen LogP contribution in [0, 0.1) is 13.8 Å². The quantitative estimate of drug-likeness (QED) is 0.887. The van der Waals surface area contributed by atoms with Gasteiger partial charge in [0.2, 0.25) is 0 Å². The van der Waals surface area contributed by atoms with Crippen molar-refractivity contribution in [3.63, 3.8) is 0 Å². The number of aliphatic hydroxyl groups excluding tert-OH is 1. The summed E-state index contributed by atoms with van der Waals surface area (Å²) < 4.78 is 5.83. The molecule has 0 saturated heterocycles. The van der Waals surface area contributed by atoms with Gasteiger partial charge in [-0.15, -0.1) is 0 Å². The van der Waals surface area contributed by atoms with Crippen molar-refractivity contribution in [3.05, 3.63) is 53.6 Å². The summed E-state index contributed by atoms with van der Waals surface area (Å²) in [4.78, 5) is 13.2. The van der Waals surface area contributed by atoms with E-state index < -0.39 is 0 Å². The highest BCUT2D eigenvalue weighted by Gasteiger charge is 2.08. The number of aliphatic hydroxyl groups is 1. The summed E-state index contributed by atoms with van der Waals surface area (Å²) in [5.74, 6) is 1.50. The topological polar surface area (TPSA) is 61.8 Å². The van der Waals surface area contributed by atoms with Gasteiger partial charge in [0.25, 0.3) is 0 Å². The van der Waals surface area contributed by atoms with Crippen LogP contribution in [-0.2, 0) is 0 Å². The smallest absolute Gasteiger partial charge is 0.321 e. The fourth-order valence-corrected chi connectivity index (χ4v) is 2.20. The number of nitrogens with zero attached hydrogens (tertiary/aromatic N) is 1. The van der Waals surface area contributed by atoms with Gasteiger partial charge in [-0.05, 0) is 61.4 Å². The second kappa shape index (κ2) is 7.65. The van der Waals surface area contributed by atoms with Crippen molar-refractivity contribution in [1.82, 2.24) is 4.90 Å². The Morgan fingerprint density at radius 2 is 1.70 bits per heavy atom. The van der Waals surface area contributed by atoms with Crippen LogP contribution >= 0.6 is 0 Å². The van der Waals surface area contributed by atoms with Crippen LogP contribution < -0.4 is 10.1 Å². The number of likely N-dealkylation sites (N-methyl/N-ethyl adjacent to an activating group) is 1. The molecule has 2 rings (SSSR count). The molecule has 0 atom stereocenters. The van der Waals surface area contributed by atoms with Gasteiger partial charge in [-0.1, -0.05) is 6.07 Å². The fourth-order valence-electron chi connectivity index (χ4n) is 2.20. The second-order valence-electron chi connectivity index (χ2n) is 5.53. The molecule has 0 aliphatic carbocycles. The molecule has 2 amide bonds. The molecule has 0 radical (unpaired) electrons. The lowest BCUT2D eigenvalue weighted by Gasteiger charge is -2.16. The Morgan fingerprint density at radius 3 is 2.26 bits per heavy atom. The minimum absolute atomic E-state index is 0.0629. The van der Waals surface area contributed by atoms with Crippen molar-refractivity contribution in [1.29, 1.82) is 0 Å². The Balaban J connectivity index is 2.00. The van der Waals surface area contributed by atoms with Gasteiger partial charge in [-0.2, -0.15) is 0 Å². The predicted molar refractivity (Wildman–Crippen MR) is 91.2 cm³/mol. The Kier molecular flexibility index (Phi) is 5.60. The SMILES string of the molecule is Cc1cc(C)cc(Oc2ccc(NC(=O)N(C)CCO)cc2)c1. The van der Waals surface area contributed by atoms with Crippen molar-refractivity contribution in [2.24, 2.45) is 0 Å². The van der Waals surface area contributed by atoms with E-state index in [9.17, 15) is 4.79 Å². The van der Waals surface area contributed by atoms with Crippen LogP contribution in [0.15, 0.2) is 42.5 Å². The number of amides is 2. The van der Waals surface area contributed by atoms with E-state index >= 15 is 0 Å². The molecule has 2 aromatic carbocycles. The first-order valence-electron chi connectivity index (χ1n) is 7.47. The maximum Gasteiger partial charge on any atom is 0.321 e. The van der Waals surface area contributed by atoms with E-state index in [0.717, 1.165) is 16.9 Å². The first-order chi connectivity index (χ1) is 11.0. The zero-order valence-electron chi connectivity index (χ0n) is 13.7. The minimum Gasteiger partial charge on any atom is -0.457 e. The molecule has 0 heterocycles. The summed E-state index contributed by atoms with van der Waals surface area (Å²) in [6.07, 6.45) is 0. The highest BCUT2D eigenvalue weighted by atomic mass is 16.5. The van der Waals surface area contributed by atoms with Crippen molar-refractivity contribution >= 4 is 11.7 Å². The average Bonchev–Trinajstić information content (AvgIpc) is 2.48. The van der Waals surface area contributed by atoms with E-state index in [4.69, 9.17) is 9.84 Å². The molecule has 0 bridgehead atoms. The zero-order valence-corrected chi connectivity index (χ0v) is 13.7. The molecular formula is C18H22N2O3. The van der Waals surface area contributed by atoms with E-state index in [2.05, 4.69) is 11.4 Å². The molecule has 2 N–H and O–H groups in total. The monoisotopic (exact) mass is 314 g/mol. The zero-order chi connectivity index (χ0) is 16.8. The van der Waals surface area contributed by atoms with Gasteiger partial charge in [0.15, 0.2) is 0 Å². The maximum absolute atomic E-state index is 11.8. The number of urea groups is 1. The number of aryl methyl sites for hydroxylation is 2. The van der Waals surface area contributed by atoms with Crippen molar-refractivity contribution in [2.45, 2.75) is 13.8 Å². The summed E-state index contributed by atoms with van der Waals surface area (Å²) in [7, 11) is 1.63. The summed E-state index contributed by atoms with van der Waals surface area (Å²) >= 11 is 0. The van der Waals surface area contributed by atoms with E-state index in [1.165, 1.54) is 4.90 Å². The van der Waals surface area contributed by atoms with Crippen LogP contribution in [0.5, 0.6) is 11.5 Å². The maximum atomic E-state index is 11.8. The molecule has 122 valence electrons. The minimum atomic E-state index is -0.262. The molecule has 5 heteroatoms. The average molecular weight is 314 g/mol. The third-order valence-electron chi connectivity index (χ3n) is 3.32. The number of benzene rings is 2. The Labute approximate surface area is 136 Å². The van der Waals surface area contributed by atoms with Crippen LogP contribution in [0.2, 0.25) is 0 Å². The first-order valence-corrected chi connectivity index (χ1v) is 7.47. The normalized spacial score (nSPS) is 10.3. The van der Waals surface area contributed by atoms with Gasteiger partial charge in [-0.25, -0.2) is 4.79 Å². The van der Waals surface area contributed by atoms with Gasteiger partial charge >= 0.3 is 6.03 Å². The third-order valence-corrected chi connectivity index (χ3v) is 3.32. The Bertz CT molecular complexity index is 648. The predicted octanol–water partition coefficient (Wildman–Crippen LogP) is 3.55. The summed E-state index contributed by atoms with van der Waals surface area (Å²) in [5.41, 5.74) is 2.97. The van der Waals surface area contributed by atoms with Crippen molar-refractivity contribution < 1.29 is 14.6 Å². The number of carbonyl (C=O) groups is 1. The van der Waals surface area contributed by atoms with Crippen LogP contribution in [0.4, 0.5) is 10.5 Å². The van der Waals surface area contributed by atoms with E-state index in [1.807, 2.05) is 26.0 Å². The Hall–Kier alpha value is -2.53. The number of hydrogen-bond donors (Lipinski definition) is 2. The third kappa shape index (κ3) is 5.00. The van der Waals surface area contributed by atoms with Crippen LogP contribution in [-0.4, -0.2) is 36.2 Å². The largest absolute Gasteiger partial charge is 0.457 e. The highest BCUT2D eigenvalue weighted by molar-refractivity contribution is 5.89. The Morgan fingerprint density at radius 1 is 1.09 bits per heavy atom. The first kappa shape index (κ1) is 16.8. The molecule has 0 fully saturated rings. The number of hydrogen-bond acceptors (Lipinski definition) is 3. The molecule has 2 aromatic rings. The number of rotatable bonds is 5. The van der Waals surface area contributed by atoms with Gasteiger partial charge in [0, 0.05) is 19.3 Å². The molecular weight excluding hydrogens is 292 g/mol. The molecule has 0 spiro atoms. The van der Waals surface area contributed by atoms with Gasteiger partial charge in [0.05, 0.1) is 6.61 Å². The molecule has 0 saturated carbocycles. The number of nitrogens with one attached hydrogen (secondary N) is 1. The van der Waals surface area contributed by atoms with Gasteiger partial charge < -0.3 is 20.1 Å². The van der Waals surface area contributed by atoms with Crippen LogP contribution in [0.1, 0.15) is 11.1 Å². The van der Waals surface area contributed by atoms with Crippen molar-refractivity contribution in [3.8, 4) is 11.5 Å². The summed E-state index contributed by atoms with van der Waals surface area (Å²) in [5, 5.41) is 11.6. The van der Waals surface area contributed by atoms with Crippen molar-refractivity contribution in [2.75, 3.05) is 25.5 Å². The molecule has 0 unspecified atom stereocenters. The molecule has 0 aliphatic rings. The molecule has 0 aliphatic heterocycles. The number of anilines is 1. The van der Waals surface area contributed by atoms with E-state index in [1.54, 1.807) is 31.3 Å². The van der Waals surface area contributed by atoms with Gasteiger partial charge in [0.1, 0.15) is 11.5 Å². The molecule has 0 aromatic heterocycles. The lowest BCUT2D eigenvalue weighted by Crippen LogP contribution is -2.33. The molecule has 23 heavy (non-hydrogen) atoms. The molecule has 5 nitrogen and oxygen atoms in total. The lowest BCUT2D eigenvalue weighted by molar-refractivity contribution is 0.202. The standard InChI is InChI=1S/C18H22N2O3/c1-13-10-14(2)12-17(11-13)23-16-6-4-15(5-7-16)19-18(22)20(3)8-9-21/h4-7,10-12,21H,8-9H2,1-3H3,(H,19,22). The second-order valence-corrected chi connectivity index (χ2v) is 5.53. The van der Waals surface area contributed by atoms with E-state index in [0.29, 0.717) is 18.0 Å². The summed E-state index contributed by atoms with van der Waals surface area (Å²) in [6.45, 7) is 4.29. The number of ether oxygens (including phenoxy) is 1. The van der Waals surface area contributed by atoms with E-state index in [-0.39, 0.29) is 12.6 Å². The lowest BCUT2D eigenvalue weighted by atomic mass is 10.1.